The summed E-state index contributed by atoms with van der Waals surface area (Å²) in [5, 5.41) is 17.6. The highest BCUT2D eigenvalue weighted by atomic mass is 16.3. The fourth-order valence-electron chi connectivity index (χ4n) is 3.47. The second kappa shape index (κ2) is 8.48. The van der Waals surface area contributed by atoms with Crippen LogP contribution in [0, 0.1) is 0 Å². The van der Waals surface area contributed by atoms with Crippen molar-refractivity contribution < 1.29 is 9.90 Å². The Morgan fingerprint density at radius 2 is 1.55 bits per heavy atom. The number of carbonyl (C=O) groups excluding carboxylic acids is 1. The van der Waals surface area contributed by atoms with E-state index in [9.17, 15) is 9.90 Å². The average molecular weight is 382 g/mol. The summed E-state index contributed by atoms with van der Waals surface area (Å²) in [7, 11) is 0. The summed E-state index contributed by atoms with van der Waals surface area (Å²) in [6.07, 6.45) is 0.689. The lowest BCUT2D eigenvalue weighted by atomic mass is 9.99. The third-order valence-electron chi connectivity index (χ3n) is 4.90. The number of urea groups is 1. The monoisotopic (exact) mass is 382 g/mol. The molecule has 3 N–H and O–H groups in total. The summed E-state index contributed by atoms with van der Waals surface area (Å²) < 4.78 is 0. The van der Waals surface area contributed by atoms with Crippen molar-refractivity contribution in [2.75, 3.05) is 5.32 Å². The zero-order valence-corrected chi connectivity index (χ0v) is 15.9. The lowest BCUT2D eigenvalue weighted by Gasteiger charge is -2.20. The normalized spacial score (nSPS) is 11.7. The Morgan fingerprint density at radius 3 is 2.31 bits per heavy atom. The molecule has 0 saturated carbocycles. The Hall–Kier alpha value is -3.79. The van der Waals surface area contributed by atoms with E-state index in [4.69, 9.17) is 0 Å². The van der Waals surface area contributed by atoms with Crippen molar-refractivity contribution in [2.24, 2.45) is 0 Å². The molecule has 0 aliphatic carbocycles. The number of phenols is 1. The van der Waals surface area contributed by atoms with E-state index in [2.05, 4.69) is 22.8 Å². The number of carbonyl (C=O) groups is 1. The minimum absolute atomic E-state index is 0.165. The summed E-state index contributed by atoms with van der Waals surface area (Å²) in [4.78, 5) is 12.8. The quantitative estimate of drug-likeness (QED) is 0.418. The second-order valence-electron chi connectivity index (χ2n) is 6.96. The Kier molecular flexibility index (Phi) is 5.43. The first-order chi connectivity index (χ1) is 14.2. The van der Waals surface area contributed by atoms with Gasteiger partial charge in [-0.3, -0.25) is 0 Å². The highest BCUT2D eigenvalue weighted by Crippen LogP contribution is 2.27. The van der Waals surface area contributed by atoms with Crippen LogP contribution in [-0.2, 0) is 6.42 Å². The van der Waals surface area contributed by atoms with Crippen LogP contribution < -0.4 is 10.6 Å². The largest absolute Gasteiger partial charge is 0.508 e. The Bertz CT molecular complexity index is 1110. The predicted molar refractivity (Wildman–Crippen MR) is 117 cm³/mol. The van der Waals surface area contributed by atoms with E-state index in [0.29, 0.717) is 12.1 Å². The summed E-state index contributed by atoms with van der Waals surface area (Å²) in [6.45, 7) is 0. The van der Waals surface area contributed by atoms with Crippen molar-refractivity contribution in [3.05, 3.63) is 108 Å². The molecule has 144 valence electrons. The maximum absolute atomic E-state index is 12.8. The van der Waals surface area contributed by atoms with Gasteiger partial charge in [0, 0.05) is 5.39 Å². The fraction of sp³-hybridized carbons (Fsp3) is 0.0800. The third-order valence-corrected chi connectivity index (χ3v) is 4.90. The van der Waals surface area contributed by atoms with Crippen molar-refractivity contribution in [2.45, 2.75) is 12.5 Å². The zero-order valence-electron chi connectivity index (χ0n) is 15.9. The first-order valence-corrected chi connectivity index (χ1v) is 9.57. The van der Waals surface area contributed by atoms with Crippen molar-refractivity contribution in [1.29, 1.82) is 0 Å². The van der Waals surface area contributed by atoms with Crippen LogP contribution in [0.2, 0.25) is 0 Å². The van der Waals surface area contributed by atoms with Crippen molar-refractivity contribution in [1.82, 2.24) is 5.32 Å². The van der Waals surface area contributed by atoms with Crippen molar-refractivity contribution >= 4 is 22.5 Å². The molecule has 4 heteroatoms. The maximum Gasteiger partial charge on any atom is 0.319 e. The zero-order chi connectivity index (χ0) is 20.1. The van der Waals surface area contributed by atoms with Gasteiger partial charge in [0.2, 0.25) is 0 Å². The van der Waals surface area contributed by atoms with E-state index in [1.807, 2.05) is 72.8 Å². The highest BCUT2D eigenvalue weighted by molar-refractivity contribution is 6.02. The minimum atomic E-state index is -0.286. The first kappa shape index (κ1) is 18.6. The SMILES string of the molecule is O=C(Nc1cccc2ccc(O)cc12)NC(Cc1ccccc1)c1ccccc1. The van der Waals surface area contributed by atoms with Gasteiger partial charge in [0.1, 0.15) is 5.75 Å². The number of benzene rings is 4. The van der Waals surface area contributed by atoms with Crippen LogP contribution >= 0.6 is 0 Å². The molecule has 4 rings (SSSR count). The number of hydrogen-bond donors (Lipinski definition) is 3. The number of nitrogens with one attached hydrogen (secondary N) is 2. The van der Waals surface area contributed by atoms with Gasteiger partial charge in [-0.2, -0.15) is 0 Å². The van der Waals surface area contributed by atoms with Gasteiger partial charge in [-0.25, -0.2) is 4.79 Å². The molecule has 0 aliphatic heterocycles. The maximum atomic E-state index is 12.8. The fourth-order valence-corrected chi connectivity index (χ4v) is 3.47. The van der Waals surface area contributed by atoms with Crippen LogP contribution in [0.5, 0.6) is 5.75 Å². The van der Waals surface area contributed by atoms with Gasteiger partial charge in [0.25, 0.3) is 0 Å². The number of aromatic hydroxyl groups is 1. The smallest absolute Gasteiger partial charge is 0.319 e. The number of phenolic OH excluding ortho intramolecular Hbond substituents is 1. The average Bonchev–Trinajstić information content (AvgIpc) is 2.75. The number of anilines is 1. The topological polar surface area (TPSA) is 61.4 Å². The molecule has 0 spiro atoms. The molecule has 0 bridgehead atoms. The summed E-state index contributed by atoms with van der Waals surface area (Å²) >= 11 is 0. The Morgan fingerprint density at radius 1 is 0.828 bits per heavy atom. The molecular formula is C25H22N2O2. The van der Waals surface area contributed by atoms with Crippen LogP contribution in [0.1, 0.15) is 17.2 Å². The van der Waals surface area contributed by atoms with Crippen LogP contribution in [0.15, 0.2) is 97.1 Å². The van der Waals surface area contributed by atoms with E-state index < -0.39 is 0 Å². The van der Waals surface area contributed by atoms with E-state index >= 15 is 0 Å². The molecule has 0 radical (unpaired) electrons. The van der Waals surface area contributed by atoms with Gasteiger partial charge >= 0.3 is 6.03 Å². The van der Waals surface area contributed by atoms with Crippen LogP contribution in [-0.4, -0.2) is 11.1 Å². The number of amides is 2. The molecule has 29 heavy (non-hydrogen) atoms. The minimum Gasteiger partial charge on any atom is -0.508 e. The highest BCUT2D eigenvalue weighted by Gasteiger charge is 2.16. The van der Waals surface area contributed by atoms with E-state index in [-0.39, 0.29) is 17.8 Å². The molecule has 0 fully saturated rings. The predicted octanol–water partition coefficient (Wildman–Crippen LogP) is 5.65. The molecule has 0 heterocycles. The Labute approximate surface area is 169 Å². The van der Waals surface area contributed by atoms with Crippen LogP contribution in [0.3, 0.4) is 0 Å². The molecule has 0 saturated heterocycles. The van der Waals surface area contributed by atoms with Gasteiger partial charge in [-0.15, -0.1) is 0 Å². The first-order valence-electron chi connectivity index (χ1n) is 9.57. The molecule has 1 unspecified atom stereocenters. The lowest BCUT2D eigenvalue weighted by Crippen LogP contribution is -2.33. The number of rotatable bonds is 5. The summed E-state index contributed by atoms with van der Waals surface area (Å²) in [5.41, 5.74) is 2.85. The molecular weight excluding hydrogens is 360 g/mol. The summed E-state index contributed by atoms with van der Waals surface area (Å²) in [6, 6.07) is 30.4. The molecule has 0 aliphatic rings. The van der Waals surface area contributed by atoms with Gasteiger partial charge < -0.3 is 15.7 Å². The van der Waals surface area contributed by atoms with E-state index in [1.165, 1.54) is 0 Å². The number of fused-ring (bicyclic) bond motifs is 1. The molecule has 2 amide bonds. The number of hydrogen-bond acceptors (Lipinski definition) is 2. The summed E-state index contributed by atoms with van der Waals surface area (Å²) in [5.74, 6) is 0.165. The molecule has 0 aromatic heterocycles. The molecule has 1 atom stereocenters. The van der Waals surface area contributed by atoms with Crippen LogP contribution in [0.4, 0.5) is 10.5 Å². The van der Waals surface area contributed by atoms with E-state index in [0.717, 1.165) is 21.9 Å². The van der Waals surface area contributed by atoms with Crippen molar-refractivity contribution in [3.63, 3.8) is 0 Å². The molecule has 4 aromatic carbocycles. The van der Waals surface area contributed by atoms with Gasteiger partial charge in [-0.05, 0) is 41.1 Å². The van der Waals surface area contributed by atoms with Crippen LogP contribution in [0.25, 0.3) is 10.8 Å². The third kappa shape index (κ3) is 4.55. The van der Waals surface area contributed by atoms with Gasteiger partial charge in [0.05, 0.1) is 11.7 Å². The van der Waals surface area contributed by atoms with Gasteiger partial charge in [-0.1, -0.05) is 78.9 Å². The van der Waals surface area contributed by atoms with Gasteiger partial charge in [0.15, 0.2) is 0 Å². The molecule has 4 aromatic rings. The lowest BCUT2D eigenvalue weighted by molar-refractivity contribution is 0.248. The van der Waals surface area contributed by atoms with Crippen molar-refractivity contribution in [3.8, 4) is 5.75 Å². The van der Waals surface area contributed by atoms with E-state index in [1.54, 1.807) is 12.1 Å². The Balaban J connectivity index is 1.56. The standard InChI is InChI=1S/C25H22N2O2/c28-21-15-14-19-12-7-13-23(22(19)17-21)26-25(29)27-24(20-10-5-2-6-11-20)16-18-8-3-1-4-9-18/h1-15,17,24,28H,16H2,(H2,26,27,29). The second-order valence-corrected chi connectivity index (χ2v) is 6.96. The molecule has 4 nitrogen and oxygen atoms in total.